The molecule has 2 heterocycles. The number of H-pyrrole nitrogens is 2. The molecule has 4 rings (SSSR count). The molecule has 22 heavy (non-hydrogen) atoms. The number of nitrogens with one attached hydrogen (secondary N) is 3. The van der Waals surface area contributed by atoms with Crippen LogP contribution in [0.1, 0.15) is 40.5 Å². The standard InChI is InChI=1S/C16H15N5O/c22-16(15-7-14(19-20-15)10-5-6-10)21-18-9-11-8-17-13-4-2-1-3-12(11)13/h1-4,7-10,17H,5-6H2,(H,19,20)(H,21,22)/b18-9-. The zero-order valence-corrected chi connectivity index (χ0v) is 11.8. The van der Waals surface area contributed by atoms with Crippen LogP contribution in [-0.2, 0) is 0 Å². The van der Waals surface area contributed by atoms with Gasteiger partial charge in [-0.1, -0.05) is 18.2 Å². The lowest BCUT2D eigenvalue weighted by Gasteiger charge is -1.94. The Bertz CT molecular complexity index is 856. The van der Waals surface area contributed by atoms with Gasteiger partial charge in [-0.25, -0.2) is 5.43 Å². The van der Waals surface area contributed by atoms with Crippen molar-refractivity contribution in [2.75, 3.05) is 0 Å². The summed E-state index contributed by atoms with van der Waals surface area (Å²) in [5.74, 6) is 0.239. The summed E-state index contributed by atoms with van der Waals surface area (Å²) in [5, 5.41) is 12.0. The third kappa shape index (κ3) is 2.39. The number of aromatic amines is 2. The number of benzene rings is 1. The number of para-hydroxylation sites is 1. The summed E-state index contributed by atoms with van der Waals surface area (Å²) >= 11 is 0. The largest absolute Gasteiger partial charge is 0.361 e. The number of carbonyl (C=O) groups excluding carboxylic acids is 1. The zero-order chi connectivity index (χ0) is 14.9. The molecule has 1 amide bonds. The fraction of sp³-hybridized carbons (Fsp3) is 0.188. The van der Waals surface area contributed by atoms with E-state index >= 15 is 0 Å². The SMILES string of the molecule is O=C(N/N=C\c1c[nH]c2ccccc12)c1cc(C2CC2)[nH]n1. The Morgan fingerprint density at radius 1 is 1.36 bits per heavy atom. The van der Waals surface area contributed by atoms with E-state index in [4.69, 9.17) is 0 Å². The average Bonchev–Trinajstić information content (AvgIpc) is 3.13. The molecule has 6 heteroatoms. The number of nitrogens with zero attached hydrogens (tertiary/aromatic N) is 2. The molecule has 0 saturated heterocycles. The van der Waals surface area contributed by atoms with Crippen LogP contribution in [0.5, 0.6) is 0 Å². The van der Waals surface area contributed by atoms with Gasteiger partial charge in [0.1, 0.15) is 0 Å². The summed E-state index contributed by atoms with van der Waals surface area (Å²) in [6, 6.07) is 9.74. The highest BCUT2D eigenvalue weighted by atomic mass is 16.2. The van der Waals surface area contributed by atoms with E-state index in [0.717, 1.165) is 22.2 Å². The van der Waals surface area contributed by atoms with Crippen molar-refractivity contribution in [1.29, 1.82) is 0 Å². The van der Waals surface area contributed by atoms with Crippen LogP contribution < -0.4 is 5.43 Å². The van der Waals surface area contributed by atoms with Crippen LogP contribution in [0.3, 0.4) is 0 Å². The van der Waals surface area contributed by atoms with E-state index < -0.39 is 0 Å². The zero-order valence-electron chi connectivity index (χ0n) is 11.8. The van der Waals surface area contributed by atoms with Gasteiger partial charge in [0.15, 0.2) is 5.69 Å². The van der Waals surface area contributed by atoms with E-state index in [9.17, 15) is 4.79 Å². The summed E-state index contributed by atoms with van der Waals surface area (Å²) in [6.45, 7) is 0. The number of carbonyl (C=O) groups is 1. The van der Waals surface area contributed by atoms with E-state index in [1.165, 1.54) is 12.8 Å². The lowest BCUT2D eigenvalue weighted by atomic mass is 10.2. The predicted octanol–water partition coefficient (Wildman–Crippen LogP) is 2.53. The molecule has 0 spiro atoms. The van der Waals surface area contributed by atoms with Gasteiger partial charge in [0, 0.05) is 34.3 Å². The van der Waals surface area contributed by atoms with Crippen molar-refractivity contribution < 1.29 is 4.79 Å². The Labute approximate surface area is 126 Å². The van der Waals surface area contributed by atoms with E-state index in [-0.39, 0.29) is 5.91 Å². The Balaban J connectivity index is 1.45. The first-order chi connectivity index (χ1) is 10.8. The molecule has 0 atom stereocenters. The van der Waals surface area contributed by atoms with Crippen molar-refractivity contribution in [3.8, 4) is 0 Å². The minimum Gasteiger partial charge on any atom is -0.361 e. The van der Waals surface area contributed by atoms with E-state index in [2.05, 4.69) is 25.7 Å². The molecule has 110 valence electrons. The molecule has 0 bridgehead atoms. The molecule has 1 aliphatic carbocycles. The molecule has 1 fully saturated rings. The molecule has 0 aliphatic heterocycles. The maximum absolute atomic E-state index is 12.0. The maximum Gasteiger partial charge on any atom is 0.291 e. The van der Waals surface area contributed by atoms with Gasteiger partial charge in [0.2, 0.25) is 0 Å². The van der Waals surface area contributed by atoms with Crippen LogP contribution in [-0.4, -0.2) is 27.3 Å². The van der Waals surface area contributed by atoms with Crippen molar-refractivity contribution >= 4 is 23.0 Å². The van der Waals surface area contributed by atoms with Gasteiger partial charge in [0.05, 0.1) is 6.21 Å². The van der Waals surface area contributed by atoms with Crippen molar-refractivity contribution in [1.82, 2.24) is 20.6 Å². The number of fused-ring (bicyclic) bond motifs is 1. The Kier molecular flexibility index (Phi) is 3.00. The molecule has 3 N–H and O–H groups in total. The van der Waals surface area contributed by atoms with Gasteiger partial charge in [-0.05, 0) is 25.0 Å². The number of amides is 1. The van der Waals surface area contributed by atoms with Gasteiger partial charge < -0.3 is 4.98 Å². The summed E-state index contributed by atoms with van der Waals surface area (Å²) in [7, 11) is 0. The number of hydrazone groups is 1. The van der Waals surface area contributed by atoms with Gasteiger partial charge in [-0.2, -0.15) is 10.2 Å². The minimum atomic E-state index is -0.306. The van der Waals surface area contributed by atoms with Crippen molar-refractivity contribution in [3.63, 3.8) is 0 Å². The van der Waals surface area contributed by atoms with Crippen molar-refractivity contribution in [2.45, 2.75) is 18.8 Å². The van der Waals surface area contributed by atoms with Gasteiger partial charge in [0.25, 0.3) is 5.91 Å². The Morgan fingerprint density at radius 2 is 2.23 bits per heavy atom. The maximum atomic E-state index is 12.0. The van der Waals surface area contributed by atoms with Gasteiger partial charge in [-0.15, -0.1) is 0 Å². The van der Waals surface area contributed by atoms with E-state index in [1.807, 2.05) is 30.5 Å². The summed E-state index contributed by atoms with van der Waals surface area (Å²) < 4.78 is 0. The third-order valence-electron chi connectivity index (χ3n) is 3.84. The lowest BCUT2D eigenvalue weighted by molar-refractivity contribution is 0.0950. The van der Waals surface area contributed by atoms with Crippen LogP contribution in [0.2, 0.25) is 0 Å². The minimum absolute atomic E-state index is 0.306. The fourth-order valence-electron chi connectivity index (χ4n) is 2.47. The van der Waals surface area contributed by atoms with Crippen LogP contribution in [0, 0.1) is 0 Å². The molecule has 2 aromatic heterocycles. The predicted molar refractivity (Wildman–Crippen MR) is 83.9 cm³/mol. The van der Waals surface area contributed by atoms with Crippen molar-refractivity contribution in [2.24, 2.45) is 5.10 Å². The molecule has 1 aromatic carbocycles. The first-order valence-electron chi connectivity index (χ1n) is 7.26. The second kappa shape index (κ2) is 5.14. The topological polar surface area (TPSA) is 85.9 Å². The van der Waals surface area contributed by atoms with Crippen LogP contribution in [0.25, 0.3) is 10.9 Å². The number of rotatable bonds is 4. The number of hydrogen-bond donors (Lipinski definition) is 3. The summed E-state index contributed by atoms with van der Waals surface area (Å²) in [5.41, 5.74) is 5.88. The molecule has 1 saturated carbocycles. The number of hydrogen-bond acceptors (Lipinski definition) is 3. The summed E-state index contributed by atoms with van der Waals surface area (Å²) in [4.78, 5) is 15.1. The van der Waals surface area contributed by atoms with Crippen LogP contribution >= 0.6 is 0 Å². The fourth-order valence-corrected chi connectivity index (χ4v) is 2.47. The molecule has 1 aliphatic rings. The second-order valence-electron chi connectivity index (χ2n) is 5.47. The van der Waals surface area contributed by atoms with Crippen LogP contribution in [0.4, 0.5) is 0 Å². The molecule has 0 unspecified atom stereocenters. The lowest BCUT2D eigenvalue weighted by Crippen LogP contribution is -2.17. The summed E-state index contributed by atoms with van der Waals surface area (Å²) in [6.07, 6.45) is 5.83. The molecular formula is C16H15N5O. The monoisotopic (exact) mass is 293 g/mol. The number of aromatic nitrogens is 3. The third-order valence-corrected chi connectivity index (χ3v) is 3.84. The first kappa shape index (κ1) is 12.8. The van der Waals surface area contributed by atoms with E-state index in [0.29, 0.717) is 11.6 Å². The van der Waals surface area contributed by atoms with Gasteiger partial charge >= 0.3 is 0 Å². The molecule has 3 aromatic rings. The van der Waals surface area contributed by atoms with Gasteiger partial charge in [-0.3, -0.25) is 9.89 Å². The Hall–Kier alpha value is -2.89. The Morgan fingerprint density at radius 3 is 3.09 bits per heavy atom. The van der Waals surface area contributed by atoms with Crippen molar-refractivity contribution in [3.05, 3.63) is 53.5 Å². The smallest absolute Gasteiger partial charge is 0.291 e. The quantitative estimate of drug-likeness (QED) is 0.510. The van der Waals surface area contributed by atoms with E-state index in [1.54, 1.807) is 12.3 Å². The molecule has 0 radical (unpaired) electrons. The highest BCUT2D eigenvalue weighted by molar-refractivity contribution is 5.99. The first-order valence-corrected chi connectivity index (χ1v) is 7.26. The highest BCUT2D eigenvalue weighted by Gasteiger charge is 2.26. The van der Waals surface area contributed by atoms with Crippen LogP contribution in [0.15, 0.2) is 41.6 Å². The average molecular weight is 293 g/mol. The second-order valence-corrected chi connectivity index (χ2v) is 5.47. The normalized spacial score (nSPS) is 14.7. The molecular weight excluding hydrogens is 278 g/mol. The highest BCUT2D eigenvalue weighted by Crippen LogP contribution is 2.38. The molecule has 6 nitrogen and oxygen atoms in total.